The molecule has 0 aliphatic heterocycles. The predicted octanol–water partition coefficient (Wildman–Crippen LogP) is 4.44. The van der Waals surface area contributed by atoms with E-state index in [0.717, 1.165) is 29.3 Å². The van der Waals surface area contributed by atoms with Gasteiger partial charge >= 0.3 is 0 Å². The van der Waals surface area contributed by atoms with Gasteiger partial charge in [-0.3, -0.25) is 4.79 Å². The normalized spacial score (nSPS) is 11.6. The van der Waals surface area contributed by atoms with E-state index >= 15 is 0 Å². The molecule has 0 saturated heterocycles. The molecular formula is C22H19F2NO2. The number of ether oxygens (including phenoxy) is 1. The molecule has 3 aromatic carbocycles. The number of halogens is 2. The largest absolute Gasteiger partial charge is 0.481 e. The van der Waals surface area contributed by atoms with Crippen LogP contribution in [0.25, 0.3) is 0 Å². The number of hydrogen-bond acceptors (Lipinski definition) is 2. The third-order valence-corrected chi connectivity index (χ3v) is 4.07. The number of rotatable bonds is 7. The smallest absolute Gasteiger partial charge is 0.258 e. The lowest BCUT2D eigenvalue weighted by Crippen LogP contribution is -2.33. The second-order valence-electron chi connectivity index (χ2n) is 6.08. The van der Waals surface area contributed by atoms with E-state index in [1.807, 2.05) is 60.7 Å². The van der Waals surface area contributed by atoms with Gasteiger partial charge in [0.25, 0.3) is 5.91 Å². The second kappa shape index (κ2) is 8.94. The lowest BCUT2D eigenvalue weighted by atomic mass is 9.99. The van der Waals surface area contributed by atoms with Gasteiger partial charge in [0.2, 0.25) is 0 Å². The minimum absolute atomic E-state index is 0.161. The number of carbonyl (C=O) groups is 1. The summed E-state index contributed by atoms with van der Waals surface area (Å²) in [7, 11) is 0. The maximum Gasteiger partial charge on any atom is 0.258 e. The summed E-state index contributed by atoms with van der Waals surface area (Å²) in [5.74, 6) is -2.09. The summed E-state index contributed by atoms with van der Waals surface area (Å²) in [6.07, 6.45) is 0.613. The molecule has 3 nitrogen and oxygen atoms in total. The maximum absolute atomic E-state index is 13.6. The van der Waals surface area contributed by atoms with E-state index in [4.69, 9.17) is 4.74 Å². The fourth-order valence-electron chi connectivity index (χ4n) is 2.76. The zero-order valence-corrected chi connectivity index (χ0v) is 14.6. The van der Waals surface area contributed by atoms with E-state index in [9.17, 15) is 13.6 Å². The minimum atomic E-state index is -0.841. The number of hydrogen-bond donors (Lipinski definition) is 1. The third-order valence-electron chi connectivity index (χ3n) is 4.07. The molecule has 138 valence electrons. The third kappa shape index (κ3) is 5.38. The first-order valence-electron chi connectivity index (χ1n) is 8.58. The van der Waals surface area contributed by atoms with Gasteiger partial charge in [-0.25, -0.2) is 8.78 Å². The Morgan fingerprint density at radius 3 is 2.26 bits per heavy atom. The molecule has 0 bridgehead atoms. The molecule has 0 aliphatic carbocycles. The first-order valence-corrected chi connectivity index (χ1v) is 8.58. The van der Waals surface area contributed by atoms with Crippen LogP contribution in [-0.2, 0) is 11.2 Å². The Bertz CT molecular complexity index is 885. The van der Waals surface area contributed by atoms with Crippen molar-refractivity contribution in [3.8, 4) is 5.75 Å². The number of nitrogens with one attached hydrogen (secondary N) is 1. The Morgan fingerprint density at radius 2 is 1.59 bits per heavy atom. The highest BCUT2D eigenvalue weighted by Gasteiger charge is 2.16. The summed E-state index contributed by atoms with van der Waals surface area (Å²) >= 11 is 0. The lowest BCUT2D eigenvalue weighted by Gasteiger charge is -2.20. The van der Waals surface area contributed by atoms with Gasteiger partial charge < -0.3 is 10.1 Å². The quantitative estimate of drug-likeness (QED) is 0.670. The van der Waals surface area contributed by atoms with E-state index in [-0.39, 0.29) is 24.3 Å². The van der Waals surface area contributed by atoms with Gasteiger partial charge in [0.15, 0.2) is 18.2 Å². The zero-order chi connectivity index (χ0) is 19.1. The van der Waals surface area contributed by atoms with E-state index in [1.54, 1.807) is 0 Å². The molecule has 3 aromatic rings. The molecule has 1 N–H and O–H groups in total. The first kappa shape index (κ1) is 18.6. The fraction of sp³-hybridized carbons (Fsp3) is 0.136. The van der Waals surface area contributed by atoms with Crippen LogP contribution in [0.5, 0.6) is 5.75 Å². The van der Waals surface area contributed by atoms with Gasteiger partial charge in [-0.2, -0.15) is 0 Å². The van der Waals surface area contributed by atoms with E-state index in [1.165, 1.54) is 0 Å². The van der Waals surface area contributed by atoms with E-state index < -0.39 is 11.6 Å². The molecule has 0 heterocycles. The van der Waals surface area contributed by atoms with Gasteiger partial charge in [0.1, 0.15) is 5.82 Å². The van der Waals surface area contributed by atoms with Crippen LogP contribution in [0.15, 0.2) is 78.9 Å². The lowest BCUT2D eigenvalue weighted by molar-refractivity contribution is -0.123. The Kier molecular flexibility index (Phi) is 6.15. The van der Waals surface area contributed by atoms with Crippen LogP contribution in [0.2, 0.25) is 0 Å². The summed E-state index contributed by atoms with van der Waals surface area (Å²) in [5.41, 5.74) is 2.04. The Hall–Kier alpha value is -3.21. The maximum atomic E-state index is 13.6. The summed E-state index contributed by atoms with van der Waals surface area (Å²) in [6.45, 7) is -0.360. The van der Waals surface area contributed by atoms with Gasteiger partial charge in [-0.1, -0.05) is 60.7 Å². The van der Waals surface area contributed by atoms with E-state index in [2.05, 4.69) is 5.32 Å². The van der Waals surface area contributed by atoms with Crippen molar-refractivity contribution >= 4 is 5.91 Å². The van der Waals surface area contributed by atoms with Gasteiger partial charge in [0, 0.05) is 6.07 Å². The molecule has 0 aromatic heterocycles. The first-order chi connectivity index (χ1) is 13.1. The predicted molar refractivity (Wildman–Crippen MR) is 99.3 cm³/mol. The van der Waals surface area contributed by atoms with Crippen LogP contribution in [0.4, 0.5) is 8.78 Å². The highest BCUT2D eigenvalue weighted by molar-refractivity contribution is 5.78. The van der Waals surface area contributed by atoms with Crippen molar-refractivity contribution in [2.45, 2.75) is 12.5 Å². The van der Waals surface area contributed by atoms with Gasteiger partial charge in [0.05, 0.1) is 6.04 Å². The molecule has 1 atom stereocenters. The molecule has 0 radical (unpaired) electrons. The standard InChI is InChI=1S/C22H19F2NO2/c23-18-11-12-21(19(24)14-18)27-15-22(26)25-20(17-9-5-2-6-10-17)13-16-7-3-1-4-8-16/h1-12,14,20H,13,15H2,(H,25,26). The average Bonchev–Trinajstić information content (AvgIpc) is 2.68. The van der Waals surface area contributed by atoms with Crippen molar-refractivity contribution in [3.05, 3.63) is 102 Å². The molecular weight excluding hydrogens is 348 g/mol. The van der Waals surface area contributed by atoms with Crippen LogP contribution in [0.3, 0.4) is 0 Å². The molecule has 27 heavy (non-hydrogen) atoms. The second-order valence-corrected chi connectivity index (χ2v) is 6.08. The number of carbonyl (C=O) groups excluding carboxylic acids is 1. The Morgan fingerprint density at radius 1 is 0.926 bits per heavy atom. The molecule has 1 unspecified atom stereocenters. The van der Waals surface area contributed by atoms with Crippen molar-refractivity contribution in [1.29, 1.82) is 0 Å². The van der Waals surface area contributed by atoms with Crippen molar-refractivity contribution in [2.75, 3.05) is 6.61 Å². The highest BCUT2D eigenvalue weighted by atomic mass is 19.1. The average molecular weight is 367 g/mol. The molecule has 3 rings (SSSR count). The summed E-state index contributed by atoms with van der Waals surface area (Å²) in [6, 6.07) is 22.1. The van der Waals surface area contributed by atoms with Crippen LogP contribution < -0.4 is 10.1 Å². The van der Waals surface area contributed by atoms with Crippen molar-refractivity contribution in [2.24, 2.45) is 0 Å². The molecule has 0 fully saturated rings. The number of benzene rings is 3. The van der Waals surface area contributed by atoms with Crippen LogP contribution in [0.1, 0.15) is 17.2 Å². The van der Waals surface area contributed by atoms with Crippen LogP contribution >= 0.6 is 0 Å². The van der Waals surface area contributed by atoms with Crippen LogP contribution in [-0.4, -0.2) is 12.5 Å². The van der Waals surface area contributed by atoms with Crippen molar-refractivity contribution in [1.82, 2.24) is 5.32 Å². The molecule has 0 saturated carbocycles. The van der Waals surface area contributed by atoms with Crippen LogP contribution in [0, 0.1) is 11.6 Å². The highest BCUT2D eigenvalue weighted by Crippen LogP contribution is 2.20. The van der Waals surface area contributed by atoms with E-state index in [0.29, 0.717) is 6.42 Å². The SMILES string of the molecule is O=C(COc1ccc(F)cc1F)NC(Cc1ccccc1)c1ccccc1. The zero-order valence-electron chi connectivity index (χ0n) is 14.6. The number of amides is 1. The molecule has 5 heteroatoms. The minimum Gasteiger partial charge on any atom is -0.481 e. The van der Waals surface area contributed by atoms with Gasteiger partial charge in [-0.05, 0) is 29.7 Å². The Balaban J connectivity index is 1.67. The summed E-state index contributed by atoms with van der Waals surface area (Å²) in [4.78, 5) is 12.3. The van der Waals surface area contributed by atoms with Crippen molar-refractivity contribution in [3.63, 3.8) is 0 Å². The fourth-order valence-corrected chi connectivity index (χ4v) is 2.76. The topological polar surface area (TPSA) is 38.3 Å². The Labute approximate surface area is 156 Å². The summed E-state index contributed by atoms with van der Waals surface area (Å²) < 4.78 is 31.7. The summed E-state index contributed by atoms with van der Waals surface area (Å²) in [5, 5.41) is 2.92. The monoisotopic (exact) mass is 367 g/mol. The van der Waals surface area contributed by atoms with Gasteiger partial charge in [-0.15, -0.1) is 0 Å². The molecule has 0 aliphatic rings. The molecule has 1 amide bonds. The molecule has 0 spiro atoms. The van der Waals surface area contributed by atoms with Crippen molar-refractivity contribution < 1.29 is 18.3 Å².